The fraction of sp³-hybridized carbons (Fsp3) is 0.562. The van der Waals surface area contributed by atoms with E-state index >= 15 is 0 Å². The lowest BCUT2D eigenvalue weighted by Crippen LogP contribution is -2.43. The van der Waals surface area contributed by atoms with Crippen molar-refractivity contribution in [2.24, 2.45) is 5.41 Å². The van der Waals surface area contributed by atoms with E-state index in [0.29, 0.717) is 5.92 Å². The van der Waals surface area contributed by atoms with Crippen molar-refractivity contribution in [1.29, 1.82) is 0 Å². The number of carbonyl (C=O) groups is 1. The summed E-state index contributed by atoms with van der Waals surface area (Å²) in [5.74, 6) is -0.154. The van der Waals surface area contributed by atoms with Gasteiger partial charge < -0.3 is 10.0 Å². The first-order valence-electron chi connectivity index (χ1n) is 7.02. The molecule has 104 valence electrons. The van der Waals surface area contributed by atoms with Crippen molar-refractivity contribution in [3.05, 3.63) is 35.9 Å². The van der Waals surface area contributed by atoms with E-state index < -0.39 is 11.4 Å². The van der Waals surface area contributed by atoms with Crippen LogP contribution in [0, 0.1) is 5.41 Å². The van der Waals surface area contributed by atoms with Crippen LogP contribution in [0.5, 0.6) is 0 Å². The summed E-state index contributed by atoms with van der Waals surface area (Å²) >= 11 is 0. The Kier molecular flexibility index (Phi) is 4.25. The molecule has 1 aromatic carbocycles. The Hall–Kier alpha value is -1.35. The van der Waals surface area contributed by atoms with E-state index in [0.717, 1.165) is 32.5 Å². The molecule has 0 aromatic heterocycles. The molecular weight excluding hydrogens is 238 g/mol. The van der Waals surface area contributed by atoms with Gasteiger partial charge in [0, 0.05) is 6.54 Å². The van der Waals surface area contributed by atoms with Gasteiger partial charge in [-0.25, -0.2) is 0 Å². The first-order valence-corrected chi connectivity index (χ1v) is 7.02. The van der Waals surface area contributed by atoms with Crippen molar-refractivity contribution < 1.29 is 9.90 Å². The Morgan fingerprint density at radius 3 is 2.42 bits per heavy atom. The zero-order chi connectivity index (χ0) is 13.9. The molecule has 0 amide bonds. The number of benzene rings is 1. The second kappa shape index (κ2) is 5.74. The molecule has 1 heterocycles. The molecule has 1 atom stereocenters. The Labute approximate surface area is 115 Å². The van der Waals surface area contributed by atoms with Gasteiger partial charge in [0.25, 0.3) is 0 Å². The van der Waals surface area contributed by atoms with E-state index in [1.807, 2.05) is 13.0 Å². The van der Waals surface area contributed by atoms with Crippen LogP contribution in [0.25, 0.3) is 0 Å². The minimum absolute atomic E-state index is 0.496. The van der Waals surface area contributed by atoms with E-state index in [1.165, 1.54) is 5.56 Å². The maximum absolute atomic E-state index is 11.2. The highest BCUT2D eigenvalue weighted by molar-refractivity contribution is 5.74. The average Bonchev–Trinajstić information content (AvgIpc) is 2.42. The van der Waals surface area contributed by atoms with Gasteiger partial charge in [-0.3, -0.25) is 4.79 Å². The molecule has 1 aliphatic heterocycles. The van der Waals surface area contributed by atoms with Crippen LogP contribution in [0.4, 0.5) is 0 Å². The molecule has 1 aliphatic rings. The average molecular weight is 261 g/mol. The zero-order valence-corrected chi connectivity index (χ0v) is 11.8. The number of piperidine rings is 1. The van der Waals surface area contributed by atoms with Crippen molar-refractivity contribution in [2.75, 3.05) is 19.6 Å². The maximum Gasteiger partial charge on any atom is 0.309 e. The highest BCUT2D eigenvalue weighted by Gasteiger charge is 2.36. The summed E-state index contributed by atoms with van der Waals surface area (Å²) in [5, 5.41) is 9.23. The van der Waals surface area contributed by atoms with Gasteiger partial charge in [-0.15, -0.1) is 0 Å². The monoisotopic (exact) mass is 261 g/mol. The molecule has 1 fully saturated rings. The fourth-order valence-corrected chi connectivity index (χ4v) is 2.72. The minimum atomic E-state index is -0.650. The van der Waals surface area contributed by atoms with Gasteiger partial charge in [-0.05, 0) is 44.3 Å². The molecule has 1 aromatic rings. The third kappa shape index (κ3) is 3.35. The van der Waals surface area contributed by atoms with Crippen LogP contribution in [0.1, 0.15) is 38.2 Å². The molecule has 3 heteroatoms. The Morgan fingerprint density at radius 2 is 1.89 bits per heavy atom. The van der Waals surface area contributed by atoms with E-state index in [9.17, 15) is 9.90 Å². The molecule has 19 heavy (non-hydrogen) atoms. The predicted octanol–water partition coefficient (Wildman–Crippen LogP) is 2.98. The van der Waals surface area contributed by atoms with Gasteiger partial charge in [0.1, 0.15) is 0 Å². The van der Waals surface area contributed by atoms with Gasteiger partial charge in [0.05, 0.1) is 5.41 Å². The van der Waals surface area contributed by atoms with Crippen LogP contribution in [0.3, 0.4) is 0 Å². The maximum atomic E-state index is 11.2. The highest BCUT2D eigenvalue weighted by atomic mass is 16.4. The molecule has 0 radical (unpaired) electrons. The third-order valence-electron chi connectivity index (χ3n) is 4.38. The molecule has 1 saturated heterocycles. The molecule has 0 aliphatic carbocycles. The minimum Gasteiger partial charge on any atom is -0.481 e. The fourth-order valence-electron chi connectivity index (χ4n) is 2.72. The molecule has 1 unspecified atom stereocenters. The van der Waals surface area contributed by atoms with Crippen molar-refractivity contribution in [1.82, 2.24) is 4.90 Å². The molecule has 0 bridgehead atoms. The molecule has 0 saturated carbocycles. The molecule has 0 spiro atoms. The summed E-state index contributed by atoms with van der Waals surface area (Å²) in [5.41, 5.74) is 0.834. The third-order valence-corrected chi connectivity index (χ3v) is 4.38. The summed E-state index contributed by atoms with van der Waals surface area (Å²) in [7, 11) is 0. The number of aliphatic carboxylic acids is 1. The standard InChI is InChI=1S/C16H23NO2/c1-13(14-6-4-3-5-7-14)12-17-10-8-16(2,9-11-17)15(18)19/h3-7,13H,8-12H2,1-2H3,(H,18,19). The summed E-state index contributed by atoms with van der Waals surface area (Å²) in [6.45, 7) is 6.90. The van der Waals surface area contributed by atoms with Gasteiger partial charge in [0.15, 0.2) is 0 Å². The predicted molar refractivity (Wildman–Crippen MR) is 76.3 cm³/mol. The second-order valence-corrected chi connectivity index (χ2v) is 5.98. The lowest BCUT2D eigenvalue weighted by atomic mass is 9.80. The van der Waals surface area contributed by atoms with E-state index in [2.05, 4.69) is 36.1 Å². The van der Waals surface area contributed by atoms with Gasteiger partial charge >= 0.3 is 5.97 Å². The SMILES string of the molecule is CC(CN1CCC(C)(C(=O)O)CC1)c1ccccc1. The molecule has 1 N–H and O–H groups in total. The number of carboxylic acid groups (broad SMARTS) is 1. The van der Waals surface area contributed by atoms with Crippen LogP contribution in [0.2, 0.25) is 0 Å². The van der Waals surface area contributed by atoms with Crippen LogP contribution < -0.4 is 0 Å². The van der Waals surface area contributed by atoms with E-state index in [1.54, 1.807) is 0 Å². The van der Waals surface area contributed by atoms with E-state index in [4.69, 9.17) is 0 Å². The van der Waals surface area contributed by atoms with Gasteiger partial charge in [-0.1, -0.05) is 37.3 Å². The topological polar surface area (TPSA) is 40.5 Å². The smallest absolute Gasteiger partial charge is 0.309 e. The van der Waals surface area contributed by atoms with Crippen molar-refractivity contribution >= 4 is 5.97 Å². The molecule has 2 rings (SSSR count). The van der Waals surface area contributed by atoms with Crippen molar-refractivity contribution in [3.8, 4) is 0 Å². The largest absolute Gasteiger partial charge is 0.481 e. The summed E-state index contributed by atoms with van der Waals surface area (Å²) < 4.78 is 0. The number of carboxylic acids is 1. The Balaban J connectivity index is 1.88. The zero-order valence-electron chi connectivity index (χ0n) is 11.8. The van der Waals surface area contributed by atoms with Crippen molar-refractivity contribution in [2.45, 2.75) is 32.6 Å². The van der Waals surface area contributed by atoms with Crippen LogP contribution in [0.15, 0.2) is 30.3 Å². The summed E-state index contributed by atoms with van der Waals surface area (Å²) in [4.78, 5) is 13.6. The van der Waals surface area contributed by atoms with Gasteiger partial charge in [0.2, 0.25) is 0 Å². The lowest BCUT2D eigenvalue weighted by molar-refractivity contribution is -0.150. The molecular formula is C16H23NO2. The first-order chi connectivity index (χ1) is 9.01. The van der Waals surface area contributed by atoms with Gasteiger partial charge in [-0.2, -0.15) is 0 Å². The van der Waals surface area contributed by atoms with Crippen LogP contribution >= 0.6 is 0 Å². The summed E-state index contributed by atoms with van der Waals surface area (Å²) in [6, 6.07) is 10.5. The second-order valence-electron chi connectivity index (χ2n) is 5.98. The normalized spacial score (nSPS) is 20.9. The lowest BCUT2D eigenvalue weighted by Gasteiger charge is -2.37. The summed E-state index contributed by atoms with van der Waals surface area (Å²) in [6.07, 6.45) is 1.51. The number of hydrogen-bond acceptors (Lipinski definition) is 2. The number of hydrogen-bond donors (Lipinski definition) is 1. The Bertz CT molecular complexity index is 422. The Morgan fingerprint density at radius 1 is 1.32 bits per heavy atom. The van der Waals surface area contributed by atoms with Crippen LogP contribution in [-0.2, 0) is 4.79 Å². The number of rotatable bonds is 4. The molecule has 3 nitrogen and oxygen atoms in total. The first kappa shape index (κ1) is 14.1. The van der Waals surface area contributed by atoms with Crippen LogP contribution in [-0.4, -0.2) is 35.6 Å². The van der Waals surface area contributed by atoms with E-state index in [-0.39, 0.29) is 0 Å². The van der Waals surface area contributed by atoms with Crippen molar-refractivity contribution in [3.63, 3.8) is 0 Å². The number of nitrogens with zero attached hydrogens (tertiary/aromatic N) is 1. The highest BCUT2D eigenvalue weighted by Crippen LogP contribution is 2.31. The number of likely N-dealkylation sites (tertiary alicyclic amines) is 1. The quantitative estimate of drug-likeness (QED) is 0.906.